The third-order valence-electron chi connectivity index (χ3n) is 3.98. The summed E-state index contributed by atoms with van der Waals surface area (Å²) in [5.74, 6) is 0. The second-order valence-corrected chi connectivity index (χ2v) is 12.3. The maximum atomic E-state index is 13.4. The van der Waals surface area contributed by atoms with E-state index in [9.17, 15) is 52.7 Å². The van der Waals surface area contributed by atoms with E-state index in [-0.39, 0.29) is 36.4 Å². The van der Waals surface area contributed by atoms with Crippen LogP contribution in [0.25, 0.3) is 0 Å². The Morgan fingerprint density at radius 1 is 0.484 bits per heavy atom. The molecule has 0 unspecified atom stereocenters. The van der Waals surface area contributed by atoms with E-state index >= 15 is 0 Å². The average molecular weight is 525 g/mol. The molecule has 0 heterocycles. The van der Waals surface area contributed by atoms with Crippen LogP contribution in [0.15, 0.2) is 36.4 Å². The smallest absolute Gasteiger partial charge is 0.166 e. The lowest BCUT2D eigenvalue weighted by Crippen LogP contribution is -2.53. The van der Waals surface area contributed by atoms with Gasteiger partial charge in [0.1, 0.15) is 0 Å². The molecule has 0 aromatic heterocycles. The Morgan fingerprint density at radius 3 is 1.00 bits per heavy atom. The van der Waals surface area contributed by atoms with Gasteiger partial charge in [0.2, 0.25) is 0 Å². The average Bonchev–Trinajstić information content (AvgIpc) is 2.57. The van der Waals surface area contributed by atoms with Crippen LogP contribution in [0.4, 0.5) is 52.7 Å². The second-order valence-electron chi connectivity index (χ2n) is 6.09. The molecule has 0 saturated carbocycles. The third-order valence-corrected chi connectivity index (χ3v) is 8.65. The molecule has 31 heavy (non-hydrogen) atoms. The van der Waals surface area contributed by atoms with E-state index in [1.54, 1.807) is 0 Å². The van der Waals surface area contributed by atoms with Crippen molar-refractivity contribution in [1.82, 2.24) is 0 Å². The molecule has 0 aliphatic carbocycles. The SMILES string of the molecule is FC(F)(F)c1ccc([Si](Cl)(Cl)c2ccc(C(F)(F)F)cc2C(F)(F)F)c(C(F)(F)F)c1. The summed E-state index contributed by atoms with van der Waals surface area (Å²) < 4.78 is 157. The molecule has 0 spiro atoms. The Labute approximate surface area is 175 Å². The molecule has 0 aliphatic heterocycles. The van der Waals surface area contributed by atoms with Crippen LogP contribution < -0.4 is 10.4 Å². The van der Waals surface area contributed by atoms with Crippen molar-refractivity contribution in [3.05, 3.63) is 58.7 Å². The van der Waals surface area contributed by atoms with Crippen molar-refractivity contribution >= 4 is 39.2 Å². The Kier molecular flexibility index (Phi) is 6.43. The predicted octanol–water partition coefficient (Wildman–Crippen LogP) is 6.80. The predicted molar refractivity (Wildman–Crippen MR) is 89.6 cm³/mol. The van der Waals surface area contributed by atoms with Crippen LogP contribution in [0.3, 0.4) is 0 Å². The van der Waals surface area contributed by atoms with E-state index in [1.165, 1.54) is 0 Å². The molecule has 0 N–H and O–H groups in total. The lowest BCUT2D eigenvalue weighted by atomic mass is 10.1. The van der Waals surface area contributed by atoms with Gasteiger partial charge in [0.25, 0.3) is 0 Å². The number of hydrogen-bond acceptors (Lipinski definition) is 0. The van der Waals surface area contributed by atoms with Gasteiger partial charge < -0.3 is 0 Å². The second kappa shape index (κ2) is 7.76. The minimum absolute atomic E-state index is 0.133. The lowest BCUT2D eigenvalue weighted by molar-refractivity contribution is -0.144. The first-order valence-corrected chi connectivity index (χ1v) is 11.6. The van der Waals surface area contributed by atoms with E-state index in [2.05, 4.69) is 0 Å². The third kappa shape index (κ3) is 5.42. The molecule has 0 fully saturated rings. The quantitative estimate of drug-likeness (QED) is 0.230. The summed E-state index contributed by atoms with van der Waals surface area (Å²) in [7, 11) is 0. The monoisotopic (exact) mass is 524 g/mol. The normalized spacial score (nSPS) is 14.1. The van der Waals surface area contributed by atoms with Crippen LogP contribution in [0.5, 0.6) is 0 Å². The Balaban J connectivity index is 2.84. The number of alkyl halides is 12. The first-order valence-electron chi connectivity index (χ1n) is 7.62. The van der Waals surface area contributed by atoms with Gasteiger partial charge in [0.15, 0.2) is 0 Å². The molecule has 15 heteroatoms. The fraction of sp³-hybridized carbons (Fsp3) is 0.250. The van der Waals surface area contributed by atoms with Gasteiger partial charge in [0.05, 0.1) is 22.3 Å². The van der Waals surface area contributed by atoms with E-state index < -0.39 is 64.0 Å². The Hall–Kier alpha value is -1.60. The van der Waals surface area contributed by atoms with Crippen molar-refractivity contribution < 1.29 is 52.7 Å². The van der Waals surface area contributed by atoms with Gasteiger partial charge in [-0.25, -0.2) is 0 Å². The van der Waals surface area contributed by atoms with E-state index in [4.69, 9.17) is 22.2 Å². The Bertz CT molecular complexity index is 893. The van der Waals surface area contributed by atoms with Crippen LogP contribution in [0, 0.1) is 0 Å². The zero-order valence-electron chi connectivity index (χ0n) is 14.3. The maximum absolute atomic E-state index is 13.4. The van der Waals surface area contributed by atoms with Gasteiger partial charge in [0, 0.05) is 0 Å². The van der Waals surface area contributed by atoms with Crippen LogP contribution in [0.1, 0.15) is 22.3 Å². The highest BCUT2D eigenvalue weighted by atomic mass is 35.7. The van der Waals surface area contributed by atoms with Crippen molar-refractivity contribution in [2.75, 3.05) is 0 Å². The topological polar surface area (TPSA) is 0 Å². The molecule has 0 radical (unpaired) electrons. The first kappa shape index (κ1) is 25.7. The fourth-order valence-electron chi connectivity index (χ4n) is 2.60. The summed E-state index contributed by atoms with van der Waals surface area (Å²) in [4.78, 5) is 0. The Morgan fingerprint density at radius 2 is 0.774 bits per heavy atom. The minimum atomic E-state index is -5.51. The van der Waals surface area contributed by atoms with Crippen molar-refractivity contribution in [2.24, 2.45) is 0 Å². The minimum Gasteiger partial charge on any atom is -0.166 e. The maximum Gasteiger partial charge on any atom is 0.416 e. The number of hydrogen-bond donors (Lipinski definition) is 0. The van der Waals surface area contributed by atoms with Gasteiger partial charge in [-0.15, -0.1) is 22.2 Å². The molecule has 2 rings (SSSR count). The lowest BCUT2D eigenvalue weighted by Gasteiger charge is -2.26. The van der Waals surface area contributed by atoms with Gasteiger partial charge >= 0.3 is 31.4 Å². The van der Waals surface area contributed by atoms with Crippen molar-refractivity contribution in [2.45, 2.75) is 24.7 Å². The van der Waals surface area contributed by atoms with Crippen LogP contribution in [-0.4, -0.2) is 6.69 Å². The zero-order valence-corrected chi connectivity index (χ0v) is 16.8. The summed E-state index contributed by atoms with van der Waals surface area (Å²) in [6.07, 6.45) is -21.5. The highest BCUT2D eigenvalue weighted by Gasteiger charge is 2.49. The largest absolute Gasteiger partial charge is 0.416 e. The van der Waals surface area contributed by atoms with Crippen molar-refractivity contribution in [3.63, 3.8) is 0 Å². The number of halogens is 14. The zero-order chi connectivity index (χ0) is 24.2. The van der Waals surface area contributed by atoms with E-state index in [0.717, 1.165) is 0 Å². The molecular weight excluding hydrogens is 519 g/mol. The molecule has 0 amide bonds. The van der Waals surface area contributed by atoms with Gasteiger partial charge in [-0.3, -0.25) is 0 Å². The van der Waals surface area contributed by atoms with Crippen molar-refractivity contribution in [1.29, 1.82) is 0 Å². The summed E-state index contributed by atoms with van der Waals surface area (Å²) in [5, 5.41) is -2.58. The van der Waals surface area contributed by atoms with Gasteiger partial charge in [-0.05, 0) is 22.5 Å². The molecule has 0 atom stereocenters. The summed E-state index contributed by atoms with van der Waals surface area (Å²) in [5.41, 5.74) is -7.64. The number of rotatable bonds is 2. The van der Waals surface area contributed by atoms with Crippen LogP contribution in [-0.2, 0) is 24.7 Å². The highest BCUT2D eigenvalue weighted by Crippen LogP contribution is 2.39. The summed E-state index contributed by atoms with van der Waals surface area (Å²) >= 11 is 11.8. The first-order chi connectivity index (χ1) is 13.7. The summed E-state index contributed by atoms with van der Waals surface area (Å²) in [6, 6.07) is -0.132. The molecular formula is C16H6Cl2F12Si. The molecule has 2 aromatic rings. The molecule has 0 bridgehead atoms. The van der Waals surface area contributed by atoms with Gasteiger partial charge in [-0.2, -0.15) is 52.7 Å². The molecule has 0 aliphatic rings. The molecule has 2 aromatic carbocycles. The summed E-state index contributed by atoms with van der Waals surface area (Å²) in [6.45, 7) is -5.16. The van der Waals surface area contributed by atoms with E-state index in [0.29, 0.717) is 0 Å². The number of benzene rings is 2. The van der Waals surface area contributed by atoms with Gasteiger partial charge in [-0.1, -0.05) is 24.3 Å². The highest BCUT2D eigenvalue weighted by molar-refractivity contribution is 7.56. The van der Waals surface area contributed by atoms with Crippen LogP contribution in [0.2, 0.25) is 0 Å². The molecule has 0 saturated heterocycles. The molecule has 172 valence electrons. The fourth-order valence-corrected chi connectivity index (χ4v) is 6.56. The van der Waals surface area contributed by atoms with E-state index in [1.807, 2.05) is 0 Å². The van der Waals surface area contributed by atoms with Crippen LogP contribution >= 0.6 is 22.2 Å². The molecule has 0 nitrogen and oxygen atoms in total. The standard InChI is InChI=1S/C16H6Cl2F12Si/c17-31(18,11-3-1-7(13(19,20)21)5-9(11)15(25,26)27)12-4-2-8(14(22,23)24)6-10(12)16(28,29)30/h1-6H. The van der Waals surface area contributed by atoms with Crippen molar-refractivity contribution in [3.8, 4) is 0 Å².